The van der Waals surface area contributed by atoms with Crippen molar-refractivity contribution in [2.75, 3.05) is 13.1 Å². The monoisotopic (exact) mass is 386 g/mol. The van der Waals surface area contributed by atoms with Gasteiger partial charge in [-0.3, -0.25) is 4.79 Å². The molecular formula is C12H17ClFIN2O. The summed E-state index contributed by atoms with van der Waals surface area (Å²) in [7, 11) is 0. The minimum atomic E-state index is -0.327. The third-order valence-corrected chi connectivity index (χ3v) is 3.19. The Bertz CT molecular complexity index is 404. The van der Waals surface area contributed by atoms with Crippen molar-refractivity contribution in [1.82, 2.24) is 10.6 Å². The van der Waals surface area contributed by atoms with Gasteiger partial charge in [-0.1, -0.05) is 6.92 Å². The van der Waals surface area contributed by atoms with Gasteiger partial charge < -0.3 is 10.6 Å². The molecule has 2 N–H and O–H groups in total. The number of hydrogen-bond donors (Lipinski definition) is 2. The molecule has 0 heterocycles. The maximum absolute atomic E-state index is 12.9. The summed E-state index contributed by atoms with van der Waals surface area (Å²) in [5.41, 5.74) is 0.510. The van der Waals surface area contributed by atoms with Crippen molar-refractivity contribution in [3.8, 4) is 0 Å². The maximum atomic E-state index is 12.9. The number of carbonyl (C=O) groups excluding carboxylic acids is 1. The van der Waals surface area contributed by atoms with Crippen LogP contribution in [0.3, 0.4) is 0 Å². The van der Waals surface area contributed by atoms with E-state index >= 15 is 0 Å². The molecule has 0 aromatic heterocycles. The number of nitrogens with one attached hydrogen (secondary N) is 2. The van der Waals surface area contributed by atoms with Crippen LogP contribution in [0.15, 0.2) is 18.2 Å². The molecule has 0 aliphatic heterocycles. The standard InChI is InChI=1S/C12H16FIN2O.ClH/c1-3-15-8(2)7-16-12(17)10-5-4-9(13)6-11(10)14;/h4-6,8,15H,3,7H2,1-2H3,(H,16,17);1H/t8-;/m1./s1. The molecule has 0 saturated heterocycles. The van der Waals surface area contributed by atoms with Gasteiger partial charge in [0.15, 0.2) is 0 Å². The SMILES string of the molecule is CCN[C@H](C)CNC(=O)c1ccc(F)cc1I.Cl. The molecular weight excluding hydrogens is 369 g/mol. The molecule has 102 valence electrons. The fourth-order valence-corrected chi connectivity index (χ4v) is 2.16. The van der Waals surface area contributed by atoms with Crippen LogP contribution >= 0.6 is 35.0 Å². The van der Waals surface area contributed by atoms with Crippen molar-refractivity contribution in [1.29, 1.82) is 0 Å². The van der Waals surface area contributed by atoms with E-state index in [1.807, 2.05) is 36.4 Å². The normalized spacial score (nSPS) is 11.6. The van der Waals surface area contributed by atoms with Crippen molar-refractivity contribution in [3.63, 3.8) is 0 Å². The van der Waals surface area contributed by atoms with Gasteiger partial charge in [0.2, 0.25) is 0 Å². The molecule has 1 amide bonds. The summed E-state index contributed by atoms with van der Waals surface area (Å²) in [6.45, 7) is 5.44. The fourth-order valence-electron chi connectivity index (χ4n) is 1.44. The Morgan fingerprint density at radius 1 is 1.50 bits per heavy atom. The molecule has 0 radical (unpaired) electrons. The van der Waals surface area contributed by atoms with Gasteiger partial charge in [-0.15, -0.1) is 12.4 Å². The molecule has 1 aromatic carbocycles. The highest BCUT2D eigenvalue weighted by Crippen LogP contribution is 2.13. The van der Waals surface area contributed by atoms with E-state index in [0.717, 1.165) is 6.54 Å². The lowest BCUT2D eigenvalue weighted by atomic mass is 10.2. The number of carbonyl (C=O) groups is 1. The zero-order chi connectivity index (χ0) is 12.8. The number of benzene rings is 1. The van der Waals surface area contributed by atoms with Gasteiger partial charge in [-0.25, -0.2) is 4.39 Å². The smallest absolute Gasteiger partial charge is 0.252 e. The van der Waals surface area contributed by atoms with E-state index in [1.165, 1.54) is 18.2 Å². The van der Waals surface area contributed by atoms with Crippen molar-refractivity contribution in [2.45, 2.75) is 19.9 Å². The Morgan fingerprint density at radius 3 is 2.72 bits per heavy atom. The minimum absolute atomic E-state index is 0. The van der Waals surface area contributed by atoms with Crippen LogP contribution in [0, 0.1) is 9.39 Å². The Labute approximate surface area is 126 Å². The number of rotatable bonds is 5. The first kappa shape index (κ1) is 17.6. The van der Waals surface area contributed by atoms with Crippen LogP contribution in [0.4, 0.5) is 4.39 Å². The predicted octanol–water partition coefficient (Wildman–Crippen LogP) is 2.58. The molecule has 0 aliphatic carbocycles. The summed E-state index contributed by atoms with van der Waals surface area (Å²) >= 11 is 1.96. The second kappa shape index (κ2) is 8.66. The summed E-state index contributed by atoms with van der Waals surface area (Å²) in [5, 5.41) is 6.01. The van der Waals surface area contributed by atoms with Gasteiger partial charge in [0.1, 0.15) is 5.82 Å². The molecule has 3 nitrogen and oxygen atoms in total. The van der Waals surface area contributed by atoms with E-state index in [4.69, 9.17) is 0 Å². The molecule has 0 spiro atoms. The van der Waals surface area contributed by atoms with Gasteiger partial charge in [-0.05, 0) is 54.3 Å². The first-order valence-electron chi connectivity index (χ1n) is 5.51. The van der Waals surface area contributed by atoms with Gasteiger partial charge in [0.25, 0.3) is 5.91 Å². The van der Waals surface area contributed by atoms with Gasteiger partial charge in [-0.2, -0.15) is 0 Å². The van der Waals surface area contributed by atoms with Crippen molar-refractivity contribution in [2.24, 2.45) is 0 Å². The van der Waals surface area contributed by atoms with E-state index < -0.39 is 0 Å². The lowest BCUT2D eigenvalue weighted by Crippen LogP contribution is -2.39. The Balaban J connectivity index is 0.00000289. The lowest BCUT2D eigenvalue weighted by molar-refractivity contribution is 0.0949. The van der Waals surface area contributed by atoms with Crippen LogP contribution in [0.1, 0.15) is 24.2 Å². The van der Waals surface area contributed by atoms with E-state index in [0.29, 0.717) is 15.7 Å². The quantitative estimate of drug-likeness (QED) is 0.764. The highest BCUT2D eigenvalue weighted by molar-refractivity contribution is 14.1. The third kappa shape index (κ3) is 5.49. The maximum Gasteiger partial charge on any atom is 0.252 e. The molecule has 1 aromatic rings. The zero-order valence-electron chi connectivity index (χ0n) is 10.3. The molecule has 1 rings (SSSR count). The first-order valence-corrected chi connectivity index (χ1v) is 6.59. The summed E-state index contributed by atoms with van der Waals surface area (Å²) in [5.74, 6) is -0.494. The molecule has 1 atom stereocenters. The highest BCUT2D eigenvalue weighted by Gasteiger charge is 2.11. The topological polar surface area (TPSA) is 41.1 Å². The Hall–Kier alpha value is -0.400. The van der Waals surface area contributed by atoms with Gasteiger partial charge >= 0.3 is 0 Å². The zero-order valence-corrected chi connectivity index (χ0v) is 13.3. The van der Waals surface area contributed by atoms with Crippen molar-refractivity contribution in [3.05, 3.63) is 33.1 Å². The number of hydrogen-bond acceptors (Lipinski definition) is 2. The number of likely N-dealkylation sites (N-methyl/N-ethyl adjacent to an activating group) is 1. The van der Waals surface area contributed by atoms with Crippen molar-refractivity contribution < 1.29 is 9.18 Å². The molecule has 0 fully saturated rings. The summed E-state index contributed by atoms with van der Waals surface area (Å²) in [4.78, 5) is 11.8. The molecule has 0 unspecified atom stereocenters. The van der Waals surface area contributed by atoms with Crippen LogP contribution in [0.25, 0.3) is 0 Å². The van der Waals surface area contributed by atoms with Crippen molar-refractivity contribution >= 4 is 40.9 Å². The number of halogens is 3. The lowest BCUT2D eigenvalue weighted by Gasteiger charge is -2.13. The fraction of sp³-hybridized carbons (Fsp3) is 0.417. The Kier molecular flexibility index (Phi) is 8.47. The predicted molar refractivity (Wildman–Crippen MR) is 81.8 cm³/mol. The molecule has 0 aliphatic rings. The van der Waals surface area contributed by atoms with Crippen LogP contribution in [-0.4, -0.2) is 25.0 Å². The van der Waals surface area contributed by atoms with Crippen LogP contribution in [-0.2, 0) is 0 Å². The summed E-state index contributed by atoms with van der Waals surface area (Å²) in [6, 6.07) is 4.38. The molecule has 0 bridgehead atoms. The van der Waals surface area contributed by atoms with Crippen LogP contribution in [0.2, 0.25) is 0 Å². The minimum Gasteiger partial charge on any atom is -0.350 e. The Morgan fingerprint density at radius 2 is 2.17 bits per heavy atom. The van der Waals surface area contributed by atoms with E-state index in [1.54, 1.807) is 0 Å². The summed E-state index contributed by atoms with van der Waals surface area (Å²) in [6.07, 6.45) is 0. The molecule has 18 heavy (non-hydrogen) atoms. The van der Waals surface area contributed by atoms with E-state index in [9.17, 15) is 9.18 Å². The largest absolute Gasteiger partial charge is 0.350 e. The van der Waals surface area contributed by atoms with E-state index in [2.05, 4.69) is 10.6 Å². The first-order chi connectivity index (χ1) is 8.04. The molecule has 6 heteroatoms. The van der Waals surface area contributed by atoms with Crippen LogP contribution < -0.4 is 10.6 Å². The second-order valence-corrected chi connectivity index (χ2v) is 4.96. The van der Waals surface area contributed by atoms with Crippen LogP contribution in [0.5, 0.6) is 0 Å². The third-order valence-electron chi connectivity index (χ3n) is 2.30. The highest BCUT2D eigenvalue weighted by atomic mass is 127. The average molecular weight is 387 g/mol. The summed E-state index contributed by atoms with van der Waals surface area (Å²) < 4.78 is 13.5. The second-order valence-electron chi connectivity index (χ2n) is 3.79. The van der Waals surface area contributed by atoms with E-state index in [-0.39, 0.29) is 30.2 Å². The van der Waals surface area contributed by atoms with Gasteiger partial charge in [0, 0.05) is 16.2 Å². The number of amides is 1. The average Bonchev–Trinajstić information content (AvgIpc) is 2.26. The molecule has 0 saturated carbocycles. The van der Waals surface area contributed by atoms with Gasteiger partial charge in [0.05, 0.1) is 5.56 Å².